The zero-order valence-corrected chi connectivity index (χ0v) is 9.09. The first-order chi connectivity index (χ1) is 7.71. The minimum Gasteiger partial charge on any atom is -0.481 e. The highest BCUT2D eigenvalue weighted by molar-refractivity contribution is 5.76. The molecule has 0 bridgehead atoms. The van der Waals surface area contributed by atoms with Gasteiger partial charge in [0.25, 0.3) is 0 Å². The van der Waals surface area contributed by atoms with Gasteiger partial charge in [0.15, 0.2) is 0 Å². The van der Waals surface area contributed by atoms with Gasteiger partial charge in [0.05, 0.1) is 29.8 Å². The Kier molecular flexibility index (Phi) is 1.65. The van der Waals surface area contributed by atoms with Crippen molar-refractivity contribution in [1.29, 1.82) is 0 Å². The molecule has 6 atom stereocenters. The van der Waals surface area contributed by atoms with E-state index in [0.29, 0.717) is 18.6 Å². The number of carboxylic acids is 1. The Morgan fingerprint density at radius 3 is 2.56 bits per heavy atom. The van der Waals surface area contributed by atoms with Crippen LogP contribution in [-0.4, -0.2) is 35.5 Å². The van der Waals surface area contributed by atoms with Crippen LogP contribution < -0.4 is 0 Å². The molecule has 0 radical (unpaired) electrons. The van der Waals surface area contributed by atoms with Gasteiger partial charge in [-0.05, 0) is 32.1 Å². The van der Waals surface area contributed by atoms with Crippen LogP contribution in [0.4, 0.5) is 0 Å². The summed E-state index contributed by atoms with van der Waals surface area (Å²) in [7, 11) is 0. The molecule has 6 unspecified atom stereocenters. The van der Waals surface area contributed by atoms with Crippen LogP contribution in [0.1, 0.15) is 32.1 Å². The van der Waals surface area contributed by atoms with E-state index in [1.165, 1.54) is 0 Å². The lowest BCUT2D eigenvalue weighted by atomic mass is 9.65. The van der Waals surface area contributed by atoms with Crippen LogP contribution >= 0.6 is 0 Å². The highest BCUT2D eigenvalue weighted by Crippen LogP contribution is 2.58. The van der Waals surface area contributed by atoms with E-state index in [-0.39, 0.29) is 18.1 Å². The normalized spacial score (nSPS) is 57.6. The third kappa shape index (κ3) is 1.09. The summed E-state index contributed by atoms with van der Waals surface area (Å²) in [6.45, 7) is 0. The maximum atomic E-state index is 11.7. The third-order valence-corrected chi connectivity index (χ3v) is 5.04. The van der Waals surface area contributed by atoms with Crippen molar-refractivity contribution in [2.24, 2.45) is 11.3 Å². The lowest BCUT2D eigenvalue weighted by Gasteiger charge is -2.37. The van der Waals surface area contributed by atoms with Gasteiger partial charge < -0.3 is 14.6 Å². The summed E-state index contributed by atoms with van der Waals surface area (Å²) in [6, 6.07) is 0. The second kappa shape index (κ2) is 2.79. The maximum Gasteiger partial charge on any atom is 0.310 e. The van der Waals surface area contributed by atoms with Gasteiger partial charge in [0.1, 0.15) is 0 Å². The van der Waals surface area contributed by atoms with Crippen LogP contribution in [0.2, 0.25) is 0 Å². The first kappa shape index (κ1) is 9.42. The number of carbonyl (C=O) groups is 1. The van der Waals surface area contributed by atoms with E-state index in [2.05, 4.69) is 0 Å². The van der Waals surface area contributed by atoms with E-state index in [9.17, 15) is 9.90 Å². The van der Waals surface area contributed by atoms with Crippen molar-refractivity contribution in [2.45, 2.75) is 56.5 Å². The van der Waals surface area contributed by atoms with Gasteiger partial charge in [-0.1, -0.05) is 0 Å². The fourth-order valence-electron chi connectivity index (χ4n) is 4.00. The molecule has 0 aromatic rings. The SMILES string of the molecule is O=C(O)C1(C2CCC3OC32)CCC2OC2C1. The number of epoxide rings is 2. The number of carboxylic acid groups (broad SMARTS) is 1. The van der Waals surface area contributed by atoms with Crippen LogP contribution in [-0.2, 0) is 14.3 Å². The van der Waals surface area contributed by atoms with E-state index in [4.69, 9.17) is 9.47 Å². The summed E-state index contributed by atoms with van der Waals surface area (Å²) in [5.41, 5.74) is -0.548. The van der Waals surface area contributed by atoms with Crippen molar-refractivity contribution in [1.82, 2.24) is 0 Å². The van der Waals surface area contributed by atoms with Crippen molar-refractivity contribution in [3.8, 4) is 0 Å². The number of fused-ring (bicyclic) bond motifs is 2. The summed E-state index contributed by atoms with van der Waals surface area (Å²) in [4.78, 5) is 11.7. The molecule has 2 aliphatic heterocycles. The highest BCUT2D eigenvalue weighted by Gasteiger charge is 2.64. The Balaban J connectivity index is 1.65. The predicted molar refractivity (Wildman–Crippen MR) is 54.0 cm³/mol. The van der Waals surface area contributed by atoms with Crippen molar-refractivity contribution < 1.29 is 19.4 Å². The Bertz CT molecular complexity index is 355. The molecule has 4 heteroatoms. The minimum atomic E-state index is -0.623. The van der Waals surface area contributed by atoms with Crippen LogP contribution in [0.25, 0.3) is 0 Å². The molecule has 0 aromatic carbocycles. The van der Waals surface area contributed by atoms with Crippen molar-refractivity contribution in [3.05, 3.63) is 0 Å². The van der Waals surface area contributed by atoms with E-state index in [1.807, 2.05) is 0 Å². The third-order valence-electron chi connectivity index (χ3n) is 5.04. The maximum absolute atomic E-state index is 11.7. The lowest BCUT2D eigenvalue weighted by molar-refractivity contribution is -0.156. The fraction of sp³-hybridized carbons (Fsp3) is 0.917. The largest absolute Gasteiger partial charge is 0.481 e. The molecule has 2 saturated carbocycles. The molecule has 4 rings (SSSR count). The van der Waals surface area contributed by atoms with Gasteiger partial charge >= 0.3 is 5.97 Å². The van der Waals surface area contributed by atoms with E-state index in [0.717, 1.165) is 25.7 Å². The summed E-state index contributed by atoms with van der Waals surface area (Å²) in [5, 5.41) is 9.61. The van der Waals surface area contributed by atoms with E-state index >= 15 is 0 Å². The van der Waals surface area contributed by atoms with Gasteiger partial charge in [-0.2, -0.15) is 0 Å². The molecule has 4 nitrogen and oxygen atoms in total. The number of aliphatic carboxylic acids is 1. The molecule has 1 N–H and O–H groups in total. The second-order valence-electron chi connectivity index (χ2n) is 5.74. The Morgan fingerprint density at radius 2 is 2.00 bits per heavy atom. The van der Waals surface area contributed by atoms with Gasteiger partial charge in [-0.3, -0.25) is 4.79 Å². The molecule has 88 valence electrons. The smallest absolute Gasteiger partial charge is 0.310 e. The summed E-state index contributed by atoms with van der Waals surface area (Å²) in [6.07, 6.45) is 5.70. The fourth-order valence-corrected chi connectivity index (χ4v) is 4.00. The van der Waals surface area contributed by atoms with Gasteiger partial charge in [-0.15, -0.1) is 0 Å². The lowest BCUT2D eigenvalue weighted by Crippen LogP contribution is -2.44. The molecule has 2 aliphatic carbocycles. The minimum absolute atomic E-state index is 0.225. The standard InChI is InChI=1S/C12H16O4/c13-11(14)12(4-3-7-9(5-12)15-7)6-1-2-8-10(6)16-8/h6-10H,1-5H2,(H,13,14). The Hall–Kier alpha value is -0.610. The van der Waals surface area contributed by atoms with Crippen LogP contribution in [0, 0.1) is 11.3 Å². The van der Waals surface area contributed by atoms with Crippen LogP contribution in [0.3, 0.4) is 0 Å². The van der Waals surface area contributed by atoms with Crippen LogP contribution in [0.15, 0.2) is 0 Å². The van der Waals surface area contributed by atoms with Gasteiger partial charge in [-0.25, -0.2) is 0 Å². The second-order valence-corrected chi connectivity index (χ2v) is 5.74. The first-order valence-corrected chi connectivity index (χ1v) is 6.25. The predicted octanol–water partition coefficient (Wildman–Crippen LogP) is 1.19. The Labute approximate surface area is 93.9 Å². The number of hydrogen-bond donors (Lipinski definition) is 1. The topological polar surface area (TPSA) is 62.4 Å². The average molecular weight is 224 g/mol. The molecule has 0 spiro atoms. The molecule has 4 fully saturated rings. The highest BCUT2D eigenvalue weighted by atomic mass is 16.6. The van der Waals surface area contributed by atoms with E-state index < -0.39 is 11.4 Å². The molecule has 0 amide bonds. The molecular weight excluding hydrogens is 208 g/mol. The molecular formula is C12H16O4. The van der Waals surface area contributed by atoms with E-state index in [1.54, 1.807) is 0 Å². The monoisotopic (exact) mass is 224 g/mol. The zero-order valence-electron chi connectivity index (χ0n) is 9.09. The summed E-state index contributed by atoms with van der Waals surface area (Å²) >= 11 is 0. The quantitative estimate of drug-likeness (QED) is 0.715. The molecule has 2 saturated heterocycles. The molecule has 16 heavy (non-hydrogen) atoms. The first-order valence-electron chi connectivity index (χ1n) is 6.25. The molecule has 0 aromatic heterocycles. The number of rotatable bonds is 2. The Morgan fingerprint density at radius 1 is 1.12 bits per heavy atom. The van der Waals surface area contributed by atoms with Crippen molar-refractivity contribution in [3.63, 3.8) is 0 Å². The van der Waals surface area contributed by atoms with Gasteiger partial charge in [0.2, 0.25) is 0 Å². The molecule has 2 heterocycles. The van der Waals surface area contributed by atoms with Crippen molar-refractivity contribution in [2.75, 3.05) is 0 Å². The average Bonchev–Trinajstić information content (AvgIpc) is 3.16. The summed E-state index contributed by atoms with van der Waals surface area (Å²) in [5.74, 6) is -0.386. The number of hydrogen-bond acceptors (Lipinski definition) is 3. The number of ether oxygens (including phenoxy) is 2. The summed E-state index contributed by atoms with van der Waals surface area (Å²) < 4.78 is 11.0. The van der Waals surface area contributed by atoms with Crippen LogP contribution in [0.5, 0.6) is 0 Å². The zero-order chi connectivity index (χ0) is 10.9. The van der Waals surface area contributed by atoms with Gasteiger partial charge in [0, 0.05) is 5.92 Å². The van der Waals surface area contributed by atoms with Crippen molar-refractivity contribution >= 4 is 5.97 Å². The molecule has 4 aliphatic rings.